The van der Waals surface area contributed by atoms with Gasteiger partial charge in [-0.05, 0) is 54.8 Å². The highest BCUT2D eigenvalue weighted by Crippen LogP contribution is 2.19. The lowest BCUT2D eigenvalue weighted by molar-refractivity contribution is 0.690. The fourth-order valence-electron chi connectivity index (χ4n) is 1.97. The van der Waals surface area contributed by atoms with Crippen LogP contribution in [0.1, 0.15) is 23.3 Å². The van der Waals surface area contributed by atoms with Crippen LogP contribution in [0, 0.1) is 0 Å². The zero-order valence-electron chi connectivity index (χ0n) is 10.1. The highest BCUT2D eigenvalue weighted by Gasteiger charge is 2.06. The molecule has 96 valence electrons. The maximum absolute atomic E-state index is 6.37. The minimum Gasteiger partial charge on any atom is -0.149 e. The third-order valence-electron chi connectivity index (χ3n) is 2.87. The SMILES string of the molecule is Clc1cccc(CC(Cl)CCCc2cccs2)c1. The molecule has 2 aromatic rings. The van der Waals surface area contributed by atoms with E-state index in [1.54, 1.807) is 0 Å². The molecule has 1 heterocycles. The van der Waals surface area contributed by atoms with Crippen LogP contribution in [-0.2, 0) is 12.8 Å². The molecular weight excluding hydrogens is 283 g/mol. The second-order valence-electron chi connectivity index (χ2n) is 4.40. The Morgan fingerprint density at radius 1 is 1.17 bits per heavy atom. The molecule has 0 bridgehead atoms. The van der Waals surface area contributed by atoms with Gasteiger partial charge in [-0.15, -0.1) is 22.9 Å². The Balaban J connectivity index is 1.73. The number of halogens is 2. The van der Waals surface area contributed by atoms with Crippen LogP contribution in [-0.4, -0.2) is 5.38 Å². The van der Waals surface area contributed by atoms with E-state index in [2.05, 4.69) is 23.6 Å². The minimum absolute atomic E-state index is 0.198. The van der Waals surface area contributed by atoms with Crippen LogP contribution in [0.3, 0.4) is 0 Å². The second-order valence-corrected chi connectivity index (χ2v) is 6.49. The van der Waals surface area contributed by atoms with Crippen LogP contribution >= 0.6 is 34.5 Å². The summed E-state index contributed by atoms with van der Waals surface area (Å²) in [5.74, 6) is 0. The standard InChI is InChI=1S/C15H16Cl2S/c16-13-5-1-4-12(10-13)11-14(17)6-2-7-15-8-3-9-18-15/h1,3-5,8-10,14H,2,6-7,11H2. The third kappa shape index (κ3) is 4.64. The van der Waals surface area contributed by atoms with Crippen molar-refractivity contribution in [3.05, 3.63) is 57.2 Å². The fraction of sp³-hybridized carbons (Fsp3) is 0.333. The van der Waals surface area contributed by atoms with Gasteiger partial charge < -0.3 is 0 Å². The maximum atomic E-state index is 6.37. The zero-order valence-corrected chi connectivity index (χ0v) is 12.4. The first kappa shape index (κ1) is 13.9. The van der Waals surface area contributed by atoms with Crippen molar-refractivity contribution in [1.82, 2.24) is 0 Å². The Kier molecular flexibility index (Phi) is 5.55. The summed E-state index contributed by atoms with van der Waals surface area (Å²) in [6.07, 6.45) is 4.23. The number of thiophene rings is 1. The second kappa shape index (κ2) is 7.18. The van der Waals surface area contributed by atoms with Gasteiger partial charge in [-0.3, -0.25) is 0 Å². The smallest absolute Gasteiger partial charge is 0.0408 e. The Hall–Kier alpha value is -0.500. The van der Waals surface area contributed by atoms with E-state index in [0.717, 1.165) is 30.7 Å². The molecule has 0 saturated heterocycles. The van der Waals surface area contributed by atoms with Crippen molar-refractivity contribution in [3.63, 3.8) is 0 Å². The van der Waals surface area contributed by atoms with Gasteiger partial charge in [0.25, 0.3) is 0 Å². The van der Waals surface area contributed by atoms with Crippen LogP contribution in [0.15, 0.2) is 41.8 Å². The molecule has 3 heteroatoms. The van der Waals surface area contributed by atoms with Crippen molar-refractivity contribution in [3.8, 4) is 0 Å². The highest BCUT2D eigenvalue weighted by atomic mass is 35.5. The molecule has 0 fully saturated rings. The minimum atomic E-state index is 0.198. The highest BCUT2D eigenvalue weighted by molar-refractivity contribution is 7.09. The molecule has 0 N–H and O–H groups in total. The summed E-state index contributed by atoms with van der Waals surface area (Å²) < 4.78 is 0. The normalized spacial score (nSPS) is 12.6. The monoisotopic (exact) mass is 298 g/mol. The van der Waals surface area contributed by atoms with Crippen molar-refractivity contribution < 1.29 is 0 Å². The van der Waals surface area contributed by atoms with Crippen LogP contribution in [0.2, 0.25) is 5.02 Å². The molecule has 1 atom stereocenters. The first-order chi connectivity index (χ1) is 8.74. The molecule has 0 nitrogen and oxygen atoms in total. The van der Waals surface area contributed by atoms with Crippen molar-refractivity contribution in [1.29, 1.82) is 0 Å². The van der Waals surface area contributed by atoms with Crippen molar-refractivity contribution in [2.45, 2.75) is 31.1 Å². The largest absolute Gasteiger partial charge is 0.149 e. The van der Waals surface area contributed by atoms with Gasteiger partial charge in [0.1, 0.15) is 0 Å². The van der Waals surface area contributed by atoms with Gasteiger partial charge in [0, 0.05) is 15.3 Å². The van der Waals surface area contributed by atoms with Crippen molar-refractivity contribution in [2.75, 3.05) is 0 Å². The van der Waals surface area contributed by atoms with Gasteiger partial charge in [-0.25, -0.2) is 0 Å². The summed E-state index contributed by atoms with van der Waals surface area (Å²) >= 11 is 14.1. The molecule has 1 aromatic heterocycles. The number of aryl methyl sites for hydroxylation is 1. The quantitative estimate of drug-likeness (QED) is 0.611. The Bertz CT molecular complexity index is 465. The molecule has 0 aliphatic rings. The van der Waals surface area contributed by atoms with Crippen molar-refractivity contribution >= 4 is 34.5 Å². The topological polar surface area (TPSA) is 0 Å². The van der Waals surface area contributed by atoms with Gasteiger partial charge in [-0.2, -0.15) is 0 Å². The van der Waals surface area contributed by atoms with Crippen LogP contribution in [0.4, 0.5) is 0 Å². The Labute approximate surface area is 123 Å². The molecule has 0 saturated carbocycles. The van der Waals surface area contributed by atoms with Crippen LogP contribution in [0.5, 0.6) is 0 Å². The molecule has 0 spiro atoms. The molecule has 2 rings (SSSR count). The number of hydrogen-bond donors (Lipinski definition) is 0. The van der Waals surface area contributed by atoms with Crippen molar-refractivity contribution in [2.24, 2.45) is 0 Å². The Morgan fingerprint density at radius 2 is 2.06 bits per heavy atom. The average molecular weight is 299 g/mol. The van der Waals surface area contributed by atoms with Crippen LogP contribution in [0.25, 0.3) is 0 Å². The Morgan fingerprint density at radius 3 is 2.78 bits per heavy atom. The van der Waals surface area contributed by atoms with Gasteiger partial charge in [0.15, 0.2) is 0 Å². The molecule has 1 unspecified atom stereocenters. The van der Waals surface area contributed by atoms with E-state index in [-0.39, 0.29) is 5.38 Å². The van der Waals surface area contributed by atoms with E-state index in [1.165, 1.54) is 10.4 Å². The van der Waals surface area contributed by atoms with Gasteiger partial charge >= 0.3 is 0 Å². The summed E-state index contributed by atoms with van der Waals surface area (Å²) in [6, 6.07) is 12.2. The first-order valence-electron chi connectivity index (χ1n) is 6.15. The van der Waals surface area contributed by atoms with E-state index < -0.39 is 0 Å². The van der Waals surface area contributed by atoms with Gasteiger partial charge in [-0.1, -0.05) is 29.8 Å². The van der Waals surface area contributed by atoms with E-state index >= 15 is 0 Å². The fourth-order valence-corrected chi connectivity index (χ4v) is 3.27. The summed E-state index contributed by atoms with van der Waals surface area (Å²) in [6.45, 7) is 0. The lowest BCUT2D eigenvalue weighted by Crippen LogP contribution is -2.03. The molecule has 0 amide bonds. The predicted molar refractivity (Wildman–Crippen MR) is 82.1 cm³/mol. The van der Waals surface area contributed by atoms with E-state index in [1.807, 2.05) is 29.5 Å². The average Bonchev–Trinajstić information content (AvgIpc) is 2.82. The van der Waals surface area contributed by atoms with E-state index in [9.17, 15) is 0 Å². The van der Waals surface area contributed by atoms with E-state index in [4.69, 9.17) is 23.2 Å². The van der Waals surface area contributed by atoms with Gasteiger partial charge in [0.05, 0.1) is 0 Å². The molecular formula is C15H16Cl2S. The summed E-state index contributed by atoms with van der Waals surface area (Å²) in [7, 11) is 0. The third-order valence-corrected chi connectivity index (χ3v) is 4.41. The summed E-state index contributed by atoms with van der Waals surface area (Å²) in [5, 5.41) is 3.11. The summed E-state index contributed by atoms with van der Waals surface area (Å²) in [4.78, 5) is 1.45. The predicted octanol–water partition coefficient (Wildman–Crippen LogP) is 5.57. The lowest BCUT2D eigenvalue weighted by atomic mass is 10.1. The number of benzene rings is 1. The summed E-state index contributed by atoms with van der Waals surface area (Å²) in [5.41, 5.74) is 1.22. The van der Waals surface area contributed by atoms with E-state index in [0.29, 0.717) is 0 Å². The molecule has 1 aromatic carbocycles. The first-order valence-corrected chi connectivity index (χ1v) is 7.84. The molecule has 18 heavy (non-hydrogen) atoms. The lowest BCUT2D eigenvalue weighted by Gasteiger charge is -2.09. The maximum Gasteiger partial charge on any atom is 0.0408 e. The molecule has 0 aliphatic heterocycles. The zero-order chi connectivity index (χ0) is 12.8. The molecule has 0 aliphatic carbocycles. The number of alkyl halides is 1. The number of rotatable bonds is 6. The number of hydrogen-bond acceptors (Lipinski definition) is 1. The van der Waals surface area contributed by atoms with Gasteiger partial charge in [0.2, 0.25) is 0 Å². The van der Waals surface area contributed by atoms with Crippen LogP contribution < -0.4 is 0 Å². The molecule has 0 radical (unpaired) electrons.